The van der Waals surface area contributed by atoms with Gasteiger partial charge in [-0.1, -0.05) is 17.3 Å². The molecule has 1 atom stereocenters. The third-order valence-electron chi connectivity index (χ3n) is 4.90. The topological polar surface area (TPSA) is 94.5 Å². The zero-order valence-corrected chi connectivity index (χ0v) is 16.1. The van der Waals surface area contributed by atoms with Crippen LogP contribution in [0.4, 0.5) is 4.39 Å². The summed E-state index contributed by atoms with van der Waals surface area (Å²) < 4.78 is 23.4. The summed E-state index contributed by atoms with van der Waals surface area (Å²) >= 11 is 0. The zero-order valence-electron chi connectivity index (χ0n) is 16.1. The molecule has 2 aliphatic rings. The van der Waals surface area contributed by atoms with Crippen molar-refractivity contribution in [2.75, 3.05) is 26.3 Å². The maximum atomic E-state index is 13.3. The number of likely N-dealkylation sites (tertiary alicyclic amines) is 1. The van der Waals surface area contributed by atoms with Crippen LogP contribution in [0.15, 0.2) is 29.4 Å². The summed E-state index contributed by atoms with van der Waals surface area (Å²) in [6.45, 7) is 2.50. The molecule has 1 aromatic rings. The van der Waals surface area contributed by atoms with E-state index in [1.54, 1.807) is 24.0 Å². The molecule has 1 unspecified atom stereocenters. The summed E-state index contributed by atoms with van der Waals surface area (Å²) in [4.78, 5) is 42.8. The predicted molar refractivity (Wildman–Crippen MR) is 99.3 cm³/mol. The highest BCUT2D eigenvalue weighted by Crippen LogP contribution is 2.20. The van der Waals surface area contributed by atoms with Gasteiger partial charge in [0, 0.05) is 25.1 Å². The van der Waals surface area contributed by atoms with E-state index in [2.05, 4.69) is 5.16 Å². The Hall–Kier alpha value is -2.97. The molecule has 2 aliphatic heterocycles. The fraction of sp³-hybridized carbons (Fsp3) is 0.500. The Balaban J connectivity index is 1.41. The number of ether oxygens (including phenoxy) is 2. The lowest BCUT2D eigenvalue weighted by Crippen LogP contribution is -2.43. The van der Waals surface area contributed by atoms with Crippen LogP contribution < -0.4 is 0 Å². The fourth-order valence-electron chi connectivity index (χ4n) is 3.28. The maximum absolute atomic E-state index is 13.3. The van der Waals surface area contributed by atoms with Crippen molar-refractivity contribution in [2.24, 2.45) is 11.1 Å². The largest absolute Gasteiger partial charge is 0.466 e. The Kier molecular flexibility index (Phi) is 6.79. The highest BCUT2D eigenvalue weighted by Gasteiger charge is 2.32. The number of carbonyl (C=O) groups is 3. The minimum absolute atomic E-state index is 0.140. The van der Waals surface area contributed by atoms with Gasteiger partial charge in [0.15, 0.2) is 6.61 Å². The van der Waals surface area contributed by atoms with Crippen LogP contribution in [0.3, 0.4) is 0 Å². The lowest BCUT2D eigenvalue weighted by atomic mass is 9.97. The lowest BCUT2D eigenvalue weighted by Gasteiger charge is -2.30. The average Bonchev–Trinajstić information content (AvgIpc) is 3.22. The Morgan fingerprint density at radius 3 is 2.66 bits per heavy atom. The second-order valence-electron chi connectivity index (χ2n) is 6.86. The quantitative estimate of drug-likeness (QED) is 0.667. The number of halogens is 1. The molecule has 0 N–H and O–H groups in total. The molecule has 0 spiro atoms. The van der Waals surface area contributed by atoms with Crippen LogP contribution in [-0.4, -0.2) is 60.9 Å². The molecule has 0 radical (unpaired) electrons. The normalized spacial score (nSPS) is 19.3. The van der Waals surface area contributed by atoms with Gasteiger partial charge in [-0.25, -0.2) is 9.18 Å². The molecule has 0 aromatic heterocycles. The van der Waals surface area contributed by atoms with Crippen molar-refractivity contribution in [3.05, 3.63) is 35.6 Å². The first-order valence-corrected chi connectivity index (χ1v) is 9.57. The van der Waals surface area contributed by atoms with Crippen molar-refractivity contribution in [2.45, 2.75) is 32.3 Å². The number of nitrogens with zero attached hydrogens (tertiary/aromatic N) is 2. The smallest absolute Gasteiger partial charge is 0.351 e. The summed E-state index contributed by atoms with van der Waals surface area (Å²) in [5.74, 6) is -1.88. The van der Waals surface area contributed by atoms with Gasteiger partial charge in [-0.3, -0.25) is 9.59 Å². The number of oxime groups is 1. The second-order valence-corrected chi connectivity index (χ2v) is 6.86. The summed E-state index contributed by atoms with van der Waals surface area (Å²) in [7, 11) is 0. The van der Waals surface area contributed by atoms with Gasteiger partial charge in [0.25, 0.3) is 5.91 Å². The second kappa shape index (κ2) is 9.49. The molecule has 9 heteroatoms. The van der Waals surface area contributed by atoms with Gasteiger partial charge >= 0.3 is 11.9 Å². The van der Waals surface area contributed by atoms with E-state index >= 15 is 0 Å². The van der Waals surface area contributed by atoms with Crippen molar-refractivity contribution < 1.29 is 33.1 Å². The van der Waals surface area contributed by atoms with Gasteiger partial charge in [-0.15, -0.1) is 0 Å². The Labute approximate surface area is 167 Å². The molecule has 1 aromatic carbocycles. The van der Waals surface area contributed by atoms with E-state index in [4.69, 9.17) is 14.3 Å². The van der Waals surface area contributed by atoms with Crippen LogP contribution in [0.5, 0.6) is 0 Å². The van der Waals surface area contributed by atoms with E-state index in [1.165, 1.54) is 12.1 Å². The number of piperidine rings is 1. The van der Waals surface area contributed by atoms with Gasteiger partial charge in [0.05, 0.1) is 18.2 Å². The number of carbonyl (C=O) groups excluding carboxylic acids is 3. The number of hydrogen-bond acceptors (Lipinski definition) is 7. The van der Waals surface area contributed by atoms with E-state index in [1.807, 2.05) is 0 Å². The van der Waals surface area contributed by atoms with Crippen LogP contribution in [0.25, 0.3) is 0 Å². The summed E-state index contributed by atoms with van der Waals surface area (Å²) in [6, 6.07) is 5.83. The zero-order chi connectivity index (χ0) is 20.8. The van der Waals surface area contributed by atoms with Crippen LogP contribution in [0, 0.1) is 11.7 Å². The van der Waals surface area contributed by atoms with E-state index in [0.29, 0.717) is 43.8 Å². The lowest BCUT2D eigenvalue weighted by molar-refractivity contribution is -0.161. The molecule has 0 bridgehead atoms. The summed E-state index contributed by atoms with van der Waals surface area (Å²) in [5.41, 5.74) is 0.972. The van der Waals surface area contributed by atoms with Crippen LogP contribution >= 0.6 is 0 Å². The molecule has 29 heavy (non-hydrogen) atoms. The van der Waals surface area contributed by atoms with Gasteiger partial charge < -0.3 is 19.2 Å². The first kappa shape index (κ1) is 20.8. The molecule has 0 aliphatic carbocycles. The van der Waals surface area contributed by atoms with Crippen molar-refractivity contribution in [1.82, 2.24) is 4.90 Å². The third kappa shape index (κ3) is 5.30. The first-order valence-electron chi connectivity index (χ1n) is 9.57. The fourth-order valence-corrected chi connectivity index (χ4v) is 3.28. The van der Waals surface area contributed by atoms with Crippen LogP contribution in [0.2, 0.25) is 0 Å². The monoisotopic (exact) mass is 406 g/mol. The molecule has 2 heterocycles. The highest BCUT2D eigenvalue weighted by atomic mass is 19.1. The molecule has 1 amide bonds. The number of amides is 1. The standard InChI is InChI=1S/C20H23FN2O6/c1-2-27-19(25)13-6-8-23(9-7-13)18(24)12-28-20(26)17-11-16(22-29-17)14-4-3-5-15(21)10-14/h3-5,10,13,17H,2,6-9,11-12H2,1H3. The van der Waals surface area contributed by atoms with Gasteiger partial charge in [-0.05, 0) is 31.9 Å². The molecule has 1 saturated heterocycles. The average molecular weight is 406 g/mol. The molecule has 0 saturated carbocycles. The van der Waals surface area contributed by atoms with Crippen LogP contribution in [-0.2, 0) is 28.7 Å². The summed E-state index contributed by atoms with van der Waals surface area (Å²) in [6.07, 6.45) is 0.224. The van der Waals surface area contributed by atoms with E-state index in [9.17, 15) is 18.8 Å². The Morgan fingerprint density at radius 1 is 1.21 bits per heavy atom. The number of esters is 2. The van der Waals surface area contributed by atoms with E-state index in [-0.39, 0.29) is 24.2 Å². The Morgan fingerprint density at radius 2 is 1.97 bits per heavy atom. The Bertz CT molecular complexity index is 804. The predicted octanol–water partition coefficient (Wildman–Crippen LogP) is 1.66. The maximum Gasteiger partial charge on any atom is 0.351 e. The van der Waals surface area contributed by atoms with Crippen LogP contribution in [0.1, 0.15) is 31.7 Å². The minimum Gasteiger partial charge on any atom is -0.466 e. The summed E-state index contributed by atoms with van der Waals surface area (Å²) in [5, 5.41) is 3.82. The highest BCUT2D eigenvalue weighted by molar-refractivity contribution is 6.03. The molecule has 8 nitrogen and oxygen atoms in total. The molecule has 3 rings (SSSR count). The van der Waals surface area contributed by atoms with Crippen molar-refractivity contribution in [3.63, 3.8) is 0 Å². The molecule has 156 valence electrons. The van der Waals surface area contributed by atoms with Gasteiger partial charge in [-0.2, -0.15) is 0 Å². The van der Waals surface area contributed by atoms with Crippen molar-refractivity contribution in [3.8, 4) is 0 Å². The van der Waals surface area contributed by atoms with Crippen molar-refractivity contribution >= 4 is 23.6 Å². The number of hydrogen-bond donors (Lipinski definition) is 0. The number of rotatable bonds is 6. The van der Waals surface area contributed by atoms with Crippen molar-refractivity contribution in [1.29, 1.82) is 0 Å². The minimum atomic E-state index is -0.962. The molecule has 1 fully saturated rings. The number of benzene rings is 1. The van der Waals surface area contributed by atoms with Gasteiger partial charge in [0.2, 0.25) is 6.10 Å². The molecular formula is C20H23FN2O6. The van der Waals surface area contributed by atoms with E-state index < -0.39 is 24.5 Å². The SMILES string of the molecule is CCOC(=O)C1CCN(C(=O)COC(=O)C2CC(c3cccc(F)c3)=NO2)CC1. The van der Waals surface area contributed by atoms with Gasteiger partial charge in [0.1, 0.15) is 5.82 Å². The third-order valence-corrected chi connectivity index (χ3v) is 4.90. The first-order chi connectivity index (χ1) is 14.0. The van der Waals surface area contributed by atoms with E-state index in [0.717, 1.165) is 0 Å². The molecular weight excluding hydrogens is 383 g/mol.